The van der Waals surface area contributed by atoms with Crippen molar-refractivity contribution in [2.45, 2.75) is 11.9 Å². The van der Waals surface area contributed by atoms with Gasteiger partial charge >= 0.3 is 5.97 Å². The molecule has 0 aliphatic heterocycles. The number of ether oxygens (including phenoxy) is 1. The molecular weight excluding hydrogens is 407 g/mol. The highest BCUT2D eigenvalue weighted by molar-refractivity contribution is 7.92. The van der Waals surface area contributed by atoms with Crippen molar-refractivity contribution in [3.05, 3.63) is 59.2 Å². The molecule has 3 aromatic rings. The van der Waals surface area contributed by atoms with Crippen LogP contribution < -0.4 is 9.46 Å². The number of carboxylic acid groups (broad SMARTS) is 1. The second-order valence-electron chi connectivity index (χ2n) is 5.55. The van der Waals surface area contributed by atoms with Crippen molar-refractivity contribution < 1.29 is 27.4 Å². The molecule has 0 fully saturated rings. The number of nitrogens with one attached hydrogen (secondary N) is 1. The molecule has 7 nitrogen and oxygen atoms in total. The van der Waals surface area contributed by atoms with Gasteiger partial charge in [0, 0.05) is 10.9 Å². The Kier molecular flexibility index (Phi) is 5.61. The van der Waals surface area contributed by atoms with Crippen LogP contribution in [0.5, 0.6) is 5.75 Å². The monoisotopic (exact) mass is 422 g/mol. The molecule has 0 aliphatic carbocycles. The molecule has 1 heterocycles. The fraction of sp³-hybridized carbons (Fsp3) is 0.111. The lowest BCUT2D eigenvalue weighted by molar-refractivity contribution is 0.0696. The molecule has 0 amide bonds. The average molecular weight is 422 g/mol. The van der Waals surface area contributed by atoms with Crippen LogP contribution in [0.2, 0.25) is 0 Å². The highest BCUT2D eigenvalue weighted by atomic mass is 32.2. The Morgan fingerprint density at radius 1 is 1.25 bits per heavy atom. The fourth-order valence-electron chi connectivity index (χ4n) is 2.32. The second kappa shape index (κ2) is 7.95. The third-order valence-electron chi connectivity index (χ3n) is 3.62. The Morgan fingerprint density at radius 3 is 2.61 bits per heavy atom. The van der Waals surface area contributed by atoms with Gasteiger partial charge in [0.05, 0.1) is 17.9 Å². The molecule has 146 valence electrons. The predicted octanol–water partition coefficient (Wildman–Crippen LogP) is 3.85. The van der Waals surface area contributed by atoms with Crippen molar-refractivity contribution in [3.63, 3.8) is 0 Å². The van der Waals surface area contributed by atoms with E-state index in [1.807, 2.05) is 0 Å². The van der Waals surface area contributed by atoms with Crippen LogP contribution in [0, 0.1) is 5.82 Å². The van der Waals surface area contributed by atoms with Gasteiger partial charge in [-0.15, -0.1) is 11.3 Å². The lowest BCUT2D eigenvalue weighted by Crippen LogP contribution is -2.14. The van der Waals surface area contributed by atoms with Crippen molar-refractivity contribution in [1.82, 2.24) is 4.98 Å². The second-order valence-corrected chi connectivity index (χ2v) is 8.04. The fourth-order valence-corrected chi connectivity index (χ4v) is 4.49. The summed E-state index contributed by atoms with van der Waals surface area (Å²) < 4.78 is 46.1. The van der Waals surface area contributed by atoms with Crippen LogP contribution in [-0.2, 0) is 10.0 Å². The third kappa shape index (κ3) is 4.29. The summed E-state index contributed by atoms with van der Waals surface area (Å²) >= 11 is 1.11. The molecule has 0 aliphatic rings. The summed E-state index contributed by atoms with van der Waals surface area (Å²) in [5.41, 5.74) is 0.663. The summed E-state index contributed by atoms with van der Waals surface area (Å²) in [4.78, 5) is 15.2. The zero-order valence-electron chi connectivity index (χ0n) is 14.5. The minimum absolute atomic E-state index is 0.0290. The molecular formula is C18H15FN2O5S2. The largest absolute Gasteiger partial charge is 0.492 e. The zero-order valence-corrected chi connectivity index (χ0v) is 16.2. The Balaban J connectivity index is 1.90. The topological polar surface area (TPSA) is 106 Å². The Morgan fingerprint density at radius 2 is 1.96 bits per heavy atom. The minimum atomic E-state index is -4.03. The molecule has 0 saturated carbocycles. The molecule has 1 aromatic heterocycles. The average Bonchev–Trinajstić information content (AvgIpc) is 3.15. The van der Waals surface area contributed by atoms with Crippen molar-refractivity contribution in [2.24, 2.45) is 0 Å². The number of anilines is 1. The van der Waals surface area contributed by atoms with Gasteiger partial charge in [-0.1, -0.05) is 0 Å². The lowest BCUT2D eigenvalue weighted by atomic mass is 10.2. The van der Waals surface area contributed by atoms with E-state index < -0.39 is 21.8 Å². The van der Waals surface area contributed by atoms with Gasteiger partial charge in [-0.3, -0.25) is 4.72 Å². The van der Waals surface area contributed by atoms with Crippen LogP contribution in [-0.4, -0.2) is 31.1 Å². The lowest BCUT2D eigenvalue weighted by Gasteiger charge is -2.12. The first-order valence-corrected chi connectivity index (χ1v) is 10.4. The molecule has 2 aromatic carbocycles. The summed E-state index contributed by atoms with van der Waals surface area (Å²) in [5, 5.41) is 10.7. The zero-order chi connectivity index (χ0) is 20.3. The summed E-state index contributed by atoms with van der Waals surface area (Å²) in [6, 6.07) is 9.39. The molecule has 0 saturated heterocycles. The Hall–Kier alpha value is -2.98. The number of aromatic nitrogens is 1. The maximum atomic E-state index is 13.0. The Labute approximate surface area is 164 Å². The minimum Gasteiger partial charge on any atom is -0.492 e. The van der Waals surface area contributed by atoms with Crippen LogP contribution in [0.4, 0.5) is 10.1 Å². The van der Waals surface area contributed by atoms with Gasteiger partial charge in [-0.05, 0) is 49.4 Å². The summed E-state index contributed by atoms with van der Waals surface area (Å²) in [5.74, 6) is -1.46. The van der Waals surface area contributed by atoms with Crippen molar-refractivity contribution >= 4 is 33.0 Å². The van der Waals surface area contributed by atoms with E-state index in [0.29, 0.717) is 10.6 Å². The number of carbonyl (C=O) groups is 1. The van der Waals surface area contributed by atoms with Crippen molar-refractivity contribution in [3.8, 4) is 16.3 Å². The number of sulfonamides is 1. The standard InChI is InChI=1S/C18H15FN2O5S2/c1-2-26-15-9-12(18(22)23)5-8-14(15)21-28(24,25)16-10-27-17(20-16)11-3-6-13(19)7-4-11/h3-10,21H,2H2,1H3,(H,22,23). The molecule has 3 rings (SSSR count). The van der Waals surface area contributed by atoms with E-state index in [1.165, 1.54) is 47.8 Å². The predicted molar refractivity (Wildman–Crippen MR) is 103 cm³/mol. The van der Waals surface area contributed by atoms with Crippen LogP contribution >= 0.6 is 11.3 Å². The van der Waals surface area contributed by atoms with Gasteiger partial charge in [0.25, 0.3) is 10.0 Å². The third-order valence-corrected chi connectivity index (χ3v) is 5.91. The van der Waals surface area contributed by atoms with Gasteiger partial charge in [-0.25, -0.2) is 14.2 Å². The van der Waals surface area contributed by atoms with E-state index >= 15 is 0 Å². The van der Waals surface area contributed by atoms with E-state index in [9.17, 15) is 17.6 Å². The van der Waals surface area contributed by atoms with E-state index in [2.05, 4.69) is 9.71 Å². The Bertz CT molecular complexity index is 1110. The van der Waals surface area contributed by atoms with Crippen LogP contribution in [0.15, 0.2) is 52.9 Å². The van der Waals surface area contributed by atoms with Gasteiger partial charge in [0.2, 0.25) is 0 Å². The van der Waals surface area contributed by atoms with Gasteiger partial charge < -0.3 is 9.84 Å². The summed E-state index contributed by atoms with van der Waals surface area (Å²) in [6.45, 7) is 1.92. The number of hydrogen-bond donors (Lipinski definition) is 2. The number of hydrogen-bond acceptors (Lipinski definition) is 6. The van der Waals surface area contributed by atoms with Crippen LogP contribution in [0.25, 0.3) is 10.6 Å². The normalized spacial score (nSPS) is 11.2. The molecule has 28 heavy (non-hydrogen) atoms. The first-order chi connectivity index (χ1) is 13.3. The number of nitrogens with zero attached hydrogens (tertiary/aromatic N) is 1. The number of aromatic carboxylic acids is 1. The molecule has 2 N–H and O–H groups in total. The maximum Gasteiger partial charge on any atom is 0.335 e. The van der Waals surface area contributed by atoms with E-state index in [0.717, 1.165) is 11.3 Å². The molecule has 0 radical (unpaired) electrons. The number of halogens is 1. The van der Waals surface area contributed by atoms with Crippen LogP contribution in [0.1, 0.15) is 17.3 Å². The van der Waals surface area contributed by atoms with E-state index in [-0.39, 0.29) is 28.6 Å². The highest BCUT2D eigenvalue weighted by Gasteiger charge is 2.21. The van der Waals surface area contributed by atoms with Gasteiger partial charge in [0.15, 0.2) is 5.03 Å². The number of benzene rings is 2. The van der Waals surface area contributed by atoms with Gasteiger partial charge in [-0.2, -0.15) is 8.42 Å². The molecule has 0 atom stereocenters. The first kappa shape index (κ1) is 19.8. The van der Waals surface area contributed by atoms with Crippen molar-refractivity contribution in [1.29, 1.82) is 0 Å². The van der Waals surface area contributed by atoms with Crippen LogP contribution in [0.3, 0.4) is 0 Å². The summed E-state index contributed by atoms with van der Waals surface area (Å²) in [6.07, 6.45) is 0. The first-order valence-electron chi connectivity index (χ1n) is 8.04. The number of thiazole rings is 1. The van der Waals surface area contributed by atoms with E-state index in [1.54, 1.807) is 6.92 Å². The van der Waals surface area contributed by atoms with E-state index in [4.69, 9.17) is 9.84 Å². The molecule has 10 heteroatoms. The molecule has 0 spiro atoms. The number of carboxylic acids is 1. The maximum absolute atomic E-state index is 13.0. The highest BCUT2D eigenvalue weighted by Crippen LogP contribution is 2.30. The summed E-state index contributed by atoms with van der Waals surface area (Å²) in [7, 11) is -4.03. The van der Waals surface area contributed by atoms with Gasteiger partial charge in [0.1, 0.15) is 16.6 Å². The molecule has 0 bridgehead atoms. The quantitative estimate of drug-likeness (QED) is 0.599. The van der Waals surface area contributed by atoms with Crippen molar-refractivity contribution in [2.75, 3.05) is 11.3 Å². The number of rotatable bonds is 7. The molecule has 0 unspecified atom stereocenters. The smallest absolute Gasteiger partial charge is 0.335 e. The SMILES string of the molecule is CCOc1cc(C(=O)O)ccc1NS(=O)(=O)c1csc(-c2ccc(F)cc2)n1.